The van der Waals surface area contributed by atoms with Crippen LogP contribution in [-0.4, -0.2) is 107 Å². The molecule has 0 saturated carbocycles. The van der Waals surface area contributed by atoms with E-state index in [2.05, 4.69) is 48.5 Å². The summed E-state index contributed by atoms with van der Waals surface area (Å²) in [6.45, 7) is 18.4. The number of carboxylic acids is 1. The van der Waals surface area contributed by atoms with Crippen LogP contribution in [0, 0.1) is 41.4 Å². The first-order chi connectivity index (χ1) is 23.9. The van der Waals surface area contributed by atoms with Crippen molar-refractivity contribution in [3.05, 3.63) is 0 Å². The largest absolute Gasteiger partial charge is 0.481 e. The molecule has 6 heterocycles. The van der Waals surface area contributed by atoms with Crippen LogP contribution in [0.4, 0.5) is 0 Å². The van der Waals surface area contributed by atoms with Gasteiger partial charge in [-0.2, -0.15) is 0 Å². The van der Waals surface area contributed by atoms with Gasteiger partial charge in [-0.1, -0.05) is 41.5 Å². The minimum absolute atomic E-state index is 0.00727. The number of carboxylic acid groups (broad SMARTS) is 1. The highest BCUT2D eigenvalue weighted by Gasteiger charge is 2.65. The van der Waals surface area contributed by atoms with Gasteiger partial charge in [0.15, 0.2) is 11.6 Å². The molecule has 6 fully saturated rings. The fourth-order valence-corrected chi connectivity index (χ4v) is 11.3. The van der Waals surface area contributed by atoms with E-state index < -0.39 is 41.3 Å². The monoisotopic (exact) mass is 724 g/mol. The summed E-state index contributed by atoms with van der Waals surface area (Å²) in [5.74, 6) is -3.26. The van der Waals surface area contributed by atoms with Crippen LogP contribution in [-0.2, 0) is 38.0 Å². The quantitative estimate of drug-likeness (QED) is 0.269. The molecule has 51 heavy (non-hydrogen) atoms. The van der Waals surface area contributed by atoms with Gasteiger partial charge in [0.1, 0.15) is 0 Å². The summed E-state index contributed by atoms with van der Waals surface area (Å²) in [6.07, 6.45) is 5.85. The van der Waals surface area contributed by atoms with E-state index in [9.17, 15) is 20.1 Å². The molecule has 6 rings (SSSR count). The summed E-state index contributed by atoms with van der Waals surface area (Å²) in [6, 6.07) is 0. The van der Waals surface area contributed by atoms with Gasteiger partial charge in [-0.25, -0.2) is 0 Å². The van der Waals surface area contributed by atoms with E-state index >= 15 is 0 Å². The van der Waals surface area contributed by atoms with Crippen molar-refractivity contribution in [3.63, 3.8) is 0 Å². The Hall–Kier alpha value is -0.890. The standard InChI is InChI=1S/C40H68O11/c1-21-11-12-28(46-33(21)26(6)36(42)43)17-29-18-30(45-10)27(7)40(48-29)25(5)19-38(9,51-40)32-13-14-37(8,49-32)35-23(3)16-31(47-35)34-22(2)15-24(4)39(44,20-41)50-34/h21-35,41,44H,11-20H2,1-10H3,(H,42,43)/t21-,22-,23-,24+,25+,26+,27+,28+,29+,30+,31+,32+,33+,34-,35?,37-,38+,39-,40+/m0/s1. The van der Waals surface area contributed by atoms with Crippen molar-refractivity contribution < 1.29 is 53.3 Å². The smallest absolute Gasteiger partial charge is 0.308 e. The van der Waals surface area contributed by atoms with E-state index in [4.69, 9.17) is 33.2 Å². The zero-order chi connectivity index (χ0) is 37.3. The van der Waals surface area contributed by atoms with Crippen LogP contribution >= 0.6 is 0 Å². The number of methoxy groups -OCH3 is 1. The predicted octanol–water partition coefficient (Wildman–Crippen LogP) is 5.71. The minimum atomic E-state index is -1.55. The Balaban J connectivity index is 1.13. The Kier molecular flexibility index (Phi) is 11.4. The third-order valence-electron chi connectivity index (χ3n) is 14.4. The van der Waals surface area contributed by atoms with Crippen molar-refractivity contribution in [1.82, 2.24) is 0 Å². The maximum absolute atomic E-state index is 11.8. The highest BCUT2D eigenvalue weighted by atomic mass is 16.7. The van der Waals surface area contributed by atoms with Gasteiger partial charge in [-0.3, -0.25) is 4.79 Å². The van der Waals surface area contributed by atoms with Crippen LogP contribution in [0.3, 0.4) is 0 Å². The molecule has 0 aromatic rings. The number of carbonyl (C=O) groups is 1. The second-order valence-electron chi connectivity index (χ2n) is 18.4. The molecular formula is C40H68O11. The number of hydrogen-bond acceptors (Lipinski definition) is 10. The average Bonchev–Trinajstić information content (AvgIpc) is 3.75. The van der Waals surface area contributed by atoms with E-state index in [1.165, 1.54) is 0 Å². The molecule has 0 amide bonds. The Morgan fingerprint density at radius 3 is 2.25 bits per heavy atom. The molecule has 0 radical (unpaired) electrons. The maximum Gasteiger partial charge on any atom is 0.308 e. The predicted molar refractivity (Wildman–Crippen MR) is 189 cm³/mol. The second-order valence-corrected chi connectivity index (χ2v) is 18.4. The molecule has 3 N–H and O–H groups in total. The Labute approximate surface area is 305 Å². The summed E-state index contributed by atoms with van der Waals surface area (Å²) < 4.78 is 47.0. The first kappa shape index (κ1) is 39.8. The maximum atomic E-state index is 11.8. The molecule has 0 aromatic carbocycles. The SMILES string of the molecule is CO[C@@H]1C[C@@H](C[C@H]2CC[C@H](C)[C@H]([C@@H](C)C(=O)O)O2)O[C@]2(O[C@@](C)([C@H]3CC[C@@](C)(C4O[C@@H]([C@H]5O[C@@](O)(CO)[C@H](C)C[C@@H]5C)C[C@@H]4C)O3)C[C@H]2C)[C@@H]1C. The number of hydrogen-bond donors (Lipinski definition) is 3. The lowest BCUT2D eigenvalue weighted by Crippen LogP contribution is -2.58. The number of rotatable bonds is 9. The zero-order valence-corrected chi connectivity index (χ0v) is 32.8. The Bertz CT molecular complexity index is 1230. The summed E-state index contributed by atoms with van der Waals surface area (Å²) in [7, 11) is 1.77. The Morgan fingerprint density at radius 1 is 0.863 bits per heavy atom. The van der Waals surface area contributed by atoms with Gasteiger partial charge in [-0.15, -0.1) is 0 Å². The molecule has 11 nitrogen and oxygen atoms in total. The molecule has 19 atom stereocenters. The third kappa shape index (κ3) is 7.19. The lowest BCUT2D eigenvalue weighted by Gasteiger charge is -2.50. The van der Waals surface area contributed by atoms with Crippen molar-refractivity contribution in [1.29, 1.82) is 0 Å². The van der Waals surface area contributed by atoms with Crippen LogP contribution in [0.15, 0.2) is 0 Å². The van der Waals surface area contributed by atoms with Crippen LogP contribution in [0.5, 0.6) is 0 Å². The molecule has 294 valence electrons. The van der Waals surface area contributed by atoms with Crippen LogP contribution in [0.2, 0.25) is 0 Å². The number of ether oxygens (including phenoxy) is 7. The van der Waals surface area contributed by atoms with E-state index in [1.807, 2.05) is 6.92 Å². The third-order valence-corrected chi connectivity index (χ3v) is 14.4. The van der Waals surface area contributed by atoms with E-state index in [-0.39, 0.29) is 84.3 Å². The molecule has 0 aromatic heterocycles. The van der Waals surface area contributed by atoms with E-state index in [0.717, 1.165) is 51.4 Å². The number of aliphatic hydroxyl groups is 2. The summed E-state index contributed by atoms with van der Waals surface area (Å²) in [5.41, 5.74) is -1.10. The van der Waals surface area contributed by atoms with Crippen molar-refractivity contribution in [2.24, 2.45) is 41.4 Å². The van der Waals surface area contributed by atoms with Crippen molar-refractivity contribution in [3.8, 4) is 0 Å². The van der Waals surface area contributed by atoms with Crippen molar-refractivity contribution in [2.75, 3.05) is 13.7 Å². The van der Waals surface area contributed by atoms with Crippen LogP contribution in [0.25, 0.3) is 0 Å². The molecule has 0 aliphatic carbocycles. The molecule has 11 heteroatoms. The van der Waals surface area contributed by atoms with Gasteiger partial charge >= 0.3 is 5.97 Å². The second kappa shape index (κ2) is 14.6. The van der Waals surface area contributed by atoms with Crippen LogP contribution < -0.4 is 0 Å². The lowest BCUT2D eigenvalue weighted by atomic mass is 9.78. The molecule has 0 bridgehead atoms. The summed E-state index contributed by atoms with van der Waals surface area (Å²) in [5, 5.41) is 30.7. The minimum Gasteiger partial charge on any atom is -0.481 e. The normalized spacial score (nSPS) is 54.2. The number of aliphatic carboxylic acids is 1. The summed E-state index contributed by atoms with van der Waals surface area (Å²) in [4.78, 5) is 11.8. The first-order valence-corrected chi connectivity index (χ1v) is 20.0. The molecule has 6 saturated heterocycles. The molecule has 1 unspecified atom stereocenters. The van der Waals surface area contributed by atoms with Crippen LogP contribution in [0.1, 0.15) is 120 Å². The van der Waals surface area contributed by atoms with Gasteiger partial charge in [-0.05, 0) is 83.5 Å². The zero-order valence-electron chi connectivity index (χ0n) is 32.8. The fraction of sp³-hybridized carbons (Fsp3) is 0.975. The Morgan fingerprint density at radius 2 is 1.59 bits per heavy atom. The molecule has 6 aliphatic rings. The van der Waals surface area contributed by atoms with Gasteiger partial charge in [0.25, 0.3) is 0 Å². The van der Waals surface area contributed by atoms with Gasteiger partial charge < -0.3 is 48.5 Å². The first-order valence-electron chi connectivity index (χ1n) is 20.0. The van der Waals surface area contributed by atoms with E-state index in [0.29, 0.717) is 6.42 Å². The highest BCUT2D eigenvalue weighted by molar-refractivity contribution is 5.70. The van der Waals surface area contributed by atoms with Crippen molar-refractivity contribution in [2.45, 2.75) is 192 Å². The average molecular weight is 725 g/mol. The molecule has 6 aliphatic heterocycles. The fourth-order valence-electron chi connectivity index (χ4n) is 11.3. The molecule has 1 spiro atoms. The van der Waals surface area contributed by atoms with Gasteiger partial charge in [0, 0.05) is 37.7 Å². The molecular weight excluding hydrogens is 656 g/mol. The van der Waals surface area contributed by atoms with Gasteiger partial charge in [0.2, 0.25) is 0 Å². The topological polar surface area (TPSA) is 142 Å². The summed E-state index contributed by atoms with van der Waals surface area (Å²) >= 11 is 0. The van der Waals surface area contributed by atoms with E-state index in [1.54, 1.807) is 14.0 Å². The highest BCUT2D eigenvalue weighted by Crippen LogP contribution is 2.57. The van der Waals surface area contributed by atoms with Crippen molar-refractivity contribution >= 4 is 5.97 Å². The lowest BCUT2D eigenvalue weighted by molar-refractivity contribution is -0.353. The number of aliphatic hydroxyl groups excluding tert-OH is 1. The van der Waals surface area contributed by atoms with Gasteiger partial charge in [0.05, 0.1) is 72.6 Å².